The highest BCUT2D eigenvalue weighted by molar-refractivity contribution is 5.94. The van der Waals surface area contributed by atoms with Gasteiger partial charge in [-0.05, 0) is 36.6 Å². The zero-order valence-electron chi connectivity index (χ0n) is 17.8. The highest BCUT2D eigenvalue weighted by Gasteiger charge is 2.33. The number of carbonyl (C=O) groups is 1. The van der Waals surface area contributed by atoms with Gasteiger partial charge >= 0.3 is 0 Å². The number of nitrogens with one attached hydrogen (secondary N) is 1. The summed E-state index contributed by atoms with van der Waals surface area (Å²) in [5, 5.41) is 16.6. The molecule has 33 heavy (non-hydrogen) atoms. The summed E-state index contributed by atoms with van der Waals surface area (Å²) in [5.74, 6) is 1.31. The van der Waals surface area contributed by atoms with Gasteiger partial charge in [-0.2, -0.15) is 5.10 Å². The molecule has 1 aliphatic carbocycles. The number of aromatic amines is 1. The Labute approximate surface area is 188 Å². The predicted molar refractivity (Wildman–Crippen MR) is 118 cm³/mol. The molecule has 2 aliphatic rings. The molecular formula is C24H21FN6O2. The SMILES string of the molecule is O=C(c1cc(Cc2n[nH]c(=O)c3ccccc23)ccc1F)N1CCn2c(nnc2C2CC2)C1. The number of benzene rings is 2. The average molecular weight is 444 g/mol. The van der Waals surface area contributed by atoms with Crippen molar-refractivity contribution in [2.24, 2.45) is 0 Å². The largest absolute Gasteiger partial charge is 0.329 e. The lowest BCUT2D eigenvalue weighted by Gasteiger charge is -2.28. The quantitative estimate of drug-likeness (QED) is 0.522. The zero-order chi connectivity index (χ0) is 22.5. The summed E-state index contributed by atoms with van der Waals surface area (Å²) in [4.78, 5) is 26.9. The summed E-state index contributed by atoms with van der Waals surface area (Å²) in [6.45, 7) is 1.42. The number of halogens is 1. The standard InChI is InChI=1S/C24H21FN6O2/c25-19-8-5-14(12-20-16-3-1-2-4-17(16)23(32)29-26-20)11-18(19)24(33)30-9-10-31-21(13-30)27-28-22(31)15-6-7-15/h1-5,8,11,15H,6-7,9-10,12-13H2,(H,29,32). The second-order valence-corrected chi connectivity index (χ2v) is 8.66. The van der Waals surface area contributed by atoms with E-state index in [2.05, 4.69) is 25.0 Å². The first-order valence-corrected chi connectivity index (χ1v) is 11.0. The van der Waals surface area contributed by atoms with Gasteiger partial charge in [-0.15, -0.1) is 10.2 Å². The Balaban J connectivity index is 1.27. The molecule has 9 heteroatoms. The fourth-order valence-electron chi connectivity index (χ4n) is 4.51. The predicted octanol–water partition coefficient (Wildman–Crippen LogP) is 2.78. The molecule has 2 aromatic heterocycles. The Bertz CT molecular complexity index is 1460. The number of hydrogen-bond acceptors (Lipinski definition) is 5. The number of H-pyrrole nitrogens is 1. The van der Waals surface area contributed by atoms with Gasteiger partial charge in [0.05, 0.1) is 23.2 Å². The van der Waals surface area contributed by atoms with Gasteiger partial charge in [-0.3, -0.25) is 9.59 Å². The van der Waals surface area contributed by atoms with Crippen LogP contribution < -0.4 is 5.56 Å². The van der Waals surface area contributed by atoms with Crippen molar-refractivity contribution in [3.8, 4) is 0 Å². The Hall–Kier alpha value is -3.88. The molecule has 1 fully saturated rings. The maximum Gasteiger partial charge on any atom is 0.272 e. The minimum absolute atomic E-state index is 0.0246. The Morgan fingerprint density at radius 3 is 2.73 bits per heavy atom. The summed E-state index contributed by atoms with van der Waals surface area (Å²) >= 11 is 0. The number of aromatic nitrogens is 5. The van der Waals surface area contributed by atoms with Gasteiger partial charge in [-0.25, -0.2) is 9.49 Å². The normalized spacial score (nSPS) is 15.6. The van der Waals surface area contributed by atoms with E-state index in [-0.39, 0.29) is 17.0 Å². The molecule has 1 aliphatic heterocycles. The van der Waals surface area contributed by atoms with E-state index in [1.807, 2.05) is 12.1 Å². The topological polar surface area (TPSA) is 96.8 Å². The van der Waals surface area contributed by atoms with Crippen LogP contribution in [0.4, 0.5) is 4.39 Å². The molecule has 0 atom stereocenters. The van der Waals surface area contributed by atoms with E-state index in [0.29, 0.717) is 43.1 Å². The van der Waals surface area contributed by atoms with Crippen LogP contribution in [-0.2, 0) is 19.5 Å². The van der Waals surface area contributed by atoms with E-state index in [1.54, 1.807) is 29.2 Å². The van der Waals surface area contributed by atoms with Crippen LogP contribution in [0.1, 0.15) is 52.0 Å². The van der Waals surface area contributed by atoms with Gasteiger partial charge in [0.25, 0.3) is 11.5 Å². The third-order valence-corrected chi connectivity index (χ3v) is 6.42. The van der Waals surface area contributed by atoms with Crippen molar-refractivity contribution in [2.45, 2.75) is 38.3 Å². The first-order valence-electron chi connectivity index (χ1n) is 11.0. The molecule has 3 heterocycles. The van der Waals surface area contributed by atoms with Crippen LogP contribution >= 0.6 is 0 Å². The molecule has 166 valence electrons. The minimum Gasteiger partial charge on any atom is -0.329 e. The summed E-state index contributed by atoms with van der Waals surface area (Å²) in [6.07, 6.45) is 2.63. The molecule has 1 saturated carbocycles. The Morgan fingerprint density at radius 2 is 1.91 bits per heavy atom. The van der Waals surface area contributed by atoms with E-state index < -0.39 is 5.82 Å². The summed E-state index contributed by atoms with van der Waals surface area (Å²) in [6, 6.07) is 11.7. The number of rotatable bonds is 4. The molecule has 2 aromatic carbocycles. The van der Waals surface area contributed by atoms with E-state index >= 15 is 0 Å². The molecule has 1 amide bonds. The van der Waals surface area contributed by atoms with Gasteiger partial charge in [-0.1, -0.05) is 24.3 Å². The molecule has 0 spiro atoms. The maximum absolute atomic E-state index is 14.7. The van der Waals surface area contributed by atoms with Crippen molar-refractivity contribution in [3.05, 3.63) is 87.1 Å². The Morgan fingerprint density at radius 1 is 1.09 bits per heavy atom. The van der Waals surface area contributed by atoms with Crippen molar-refractivity contribution >= 4 is 16.7 Å². The molecule has 0 radical (unpaired) electrons. The molecule has 0 saturated heterocycles. The van der Waals surface area contributed by atoms with Crippen molar-refractivity contribution < 1.29 is 9.18 Å². The van der Waals surface area contributed by atoms with Crippen LogP contribution in [-0.4, -0.2) is 42.3 Å². The lowest BCUT2D eigenvalue weighted by atomic mass is 10.0. The summed E-state index contributed by atoms with van der Waals surface area (Å²) < 4.78 is 16.8. The molecule has 1 N–H and O–H groups in total. The second kappa shape index (κ2) is 7.61. The van der Waals surface area contributed by atoms with Gasteiger partial charge in [0.1, 0.15) is 11.6 Å². The maximum atomic E-state index is 14.7. The van der Waals surface area contributed by atoms with Crippen molar-refractivity contribution in [1.29, 1.82) is 0 Å². The first kappa shape index (κ1) is 19.8. The van der Waals surface area contributed by atoms with Crippen LogP contribution in [0.15, 0.2) is 47.3 Å². The number of amides is 1. The molecule has 6 rings (SSSR count). The number of nitrogens with zero attached hydrogens (tertiary/aromatic N) is 5. The van der Waals surface area contributed by atoms with Crippen molar-refractivity contribution in [3.63, 3.8) is 0 Å². The zero-order valence-corrected chi connectivity index (χ0v) is 17.8. The van der Waals surface area contributed by atoms with Gasteiger partial charge < -0.3 is 9.47 Å². The van der Waals surface area contributed by atoms with Crippen LogP contribution in [0.3, 0.4) is 0 Å². The van der Waals surface area contributed by atoms with E-state index in [0.717, 1.165) is 35.4 Å². The smallest absolute Gasteiger partial charge is 0.272 e. The lowest BCUT2D eigenvalue weighted by Crippen LogP contribution is -2.39. The van der Waals surface area contributed by atoms with Gasteiger partial charge in [0.2, 0.25) is 0 Å². The van der Waals surface area contributed by atoms with Crippen molar-refractivity contribution in [2.75, 3.05) is 6.54 Å². The van der Waals surface area contributed by atoms with Crippen LogP contribution in [0.5, 0.6) is 0 Å². The van der Waals surface area contributed by atoms with E-state index in [9.17, 15) is 14.0 Å². The lowest BCUT2D eigenvalue weighted by molar-refractivity contribution is 0.0701. The van der Waals surface area contributed by atoms with Gasteiger partial charge in [0, 0.05) is 30.8 Å². The highest BCUT2D eigenvalue weighted by Crippen LogP contribution is 2.39. The van der Waals surface area contributed by atoms with Crippen LogP contribution in [0.25, 0.3) is 10.8 Å². The van der Waals surface area contributed by atoms with Crippen LogP contribution in [0.2, 0.25) is 0 Å². The number of hydrogen-bond donors (Lipinski definition) is 1. The molecule has 4 aromatic rings. The molecular weight excluding hydrogens is 423 g/mol. The fraction of sp³-hybridized carbons (Fsp3) is 0.292. The van der Waals surface area contributed by atoms with E-state index in [4.69, 9.17) is 0 Å². The second-order valence-electron chi connectivity index (χ2n) is 8.66. The fourth-order valence-corrected chi connectivity index (χ4v) is 4.51. The average Bonchev–Trinajstić information content (AvgIpc) is 3.60. The third kappa shape index (κ3) is 3.49. The van der Waals surface area contributed by atoms with Gasteiger partial charge in [0.15, 0.2) is 5.82 Å². The Kier molecular flexibility index (Phi) is 4.56. The molecule has 0 unspecified atom stereocenters. The third-order valence-electron chi connectivity index (χ3n) is 6.42. The minimum atomic E-state index is -0.561. The van der Waals surface area contributed by atoms with Crippen molar-refractivity contribution in [1.82, 2.24) is 29.9 Å². The molecule has 0 bridgehead atoms. The monoisotopic (exact) mass is 444 g/mol. The number of carbonyl (C=O) groups excluding carboxylic acids is 1. The van der Waals surface area contributed by atoms with Crippen LogP contribution in [0, 0.1) is 5.82 Å². The van der Waals surface area contributed by atoms with E-state index in [1.165, 1.54) is 6.07 Å². The summed E-state index contributed by atoms with van der Waals surface area (Å²) in [7, 11) is 0. The highest BCUT2D eigenvalue weighted by atomic mass is 19.1. The molecule has 8 nitrogen and oxygen atoms in total. The first-order chi connectivity index (χ1) is 16.1. The number of fused-ring (bicyclic) bond motifs is 2. The summed E-state index contributed by atoms with van der Waals surface area (Å²) in [5.41, 5.74) is 1.17.